The molecule has 0 aliphatic carbocycles. The second-order valence-corrected chi connectivity index (χ2v) is 4.54. The number of ether oxygens (including phenoxy) is 2. The Morgan fingerprint density at radius 1 is 1.05 bits per heavy atom. The molecule has 0 saturated heterocycles. The van der Waals surface area contributed by atoms with Gasteiger partial charge in [-0.15, -0.1) is 0 Å². The molecule has 19 heavy (non-hydrogen) atoms. The predicted molar refractivity (Wildman–Crippen MR) is 72.4 cm³/mol. The van der Waals surface area contributed by atoms with E-state index >= 15 is 0 Å². The summed E-state index contributed by atoms with van der Waals surface area (Å²) in [6, 6.07) is 6.65. The first-order chi connectivity index (χ1) is 9.17. The summed E-state index contributed by atoms with van der Waals surface area (Å²) in [5.41, 5.74) is 2.36. The molecule has 0 radical (unpaired) electrons. The highest BCUT2D eigenvalue weighted by atomic mass is 32.1. The molecule has 0 unspecified atom stereocenters. The van der Waals surface area contributed by atoms with Crippen molar-refractivity contribution in [2.75, 3.05) is 14.2 Å². The van der Waals surface area contributed by atoms with Gasteiger partial charge in [0, 0.05) is 0 Å². The lowest BCUT2D eigenvalue weighted by atomic mass is 9.99. The van der Waals surface area contributed by atoms with E-state index in [1.807, 2.05) is 16.8 Å². The molecule has 5 heteroatoms. The molecule has 1 aromatic heterocycles. The Labute approximate surface area is 114 Å². The molecular formula is C14H12O4S. The van der Waals surface area contributed by atoms with Gasteiger partial charge in [-0.05, 0) is 46.2 Å². The summed E-state index contributed by atoms with van der Waals surface area (Å²) in [5.74, 6) is -0.870. The lowest BCUT2D eigenvalue weighted by Crippen LogP contribution is -2.07. The van der Waals surface area contributed by atoms with Crippen LogP contribution in [0.4, 0.5) is 0 Å². The first-order valence-corrected chi connectivity index (χ1v) is 6.45. The van der Waals surface area contributed by atoms with Gasteiger partial charge < -0.3 is 9.47 Å². The van der Waals surface area contributed by atoms with E-state index in [1.165, 1.54) is 25.6 Å². The molecule has 0 saturated carbocycles. The van der Waals surface area contributed by atoms with Crippen molar-refractivity contribution in [1.29, 1.82) is 0 Å². The van der Waals surface area contributed by atoms with E-state index in [2.05, 4.69) is 4.74 Å². The molecule has 0 amide bonds. The van der Waals surface area contributed by atoms with Crippen molar-refractivity contribution in [3.05, 3.63) is 46.2 Å². The number of esters is 2. The van der Waals surface area contributed by atoms with Crippen molar-refractivity contribution >= 4 is 23.3 Å². The van der Waals surface area contributed by atoms with Gasteiger partial charge >= 0.3 is 11.9 Å². The number of carbonyl (C=O) groups is 2. The van der Waals surface area contributed by atoms with Gasteiger partial charge in [0.15, 0.2) is 0 Å². The fraction of sp³-hybridized carbons (Fsp3) is 0.143. The van der Waals surface area contributed by atoms with Crippen LogP contribution < -0.4 is 0 Å². The molecule has 1 heterocycles. The van der Waals surface area contributed by atoms with Crippen LogP contribution in [0.3, 0.4) is 0 Å². The summed E-state index contributed by atoms with van der Waals surface area (Å²) in [6.45, 7) is 0. The van der Waals surface area contributed by atoms with Crippen molar-refractivity contribution in [2.45, 2.75) is 0 Å². The number of rotatable bonds is 3. The number of carbonyl (C=O) groups excluding carboxylic acids is 2. The number of hydrogen-bond acceptors (Lipinski definition) is 5. The predicted octanol–water partition coefficient (Wildman–Crippen LogP) is 2.99. The summed E-state index contributed by atoms with van der Waals surface area (Å²) >= 11 is 1.51. The molecule has 0 aliphatic heterocycles. The molecule has 0 N–H and O–H groups in total. The summed E-state index contributed by atoms with van der Waals surface area (Å²) < 4.78 is 9.43. The highest BCUT2D eigenvalue weighted by molar-refractivity contribution is 7.08. The maximum absolute atomic E-state index is 11.7. The van der Waals surface area contributed by atoms with Crippen molar-refractivity contribution in [3.63, 3.8) is 0 Å². The number of thiophene rings is 1. The van der Waals surface area contributed by atoms with Gasteiger partial charge in [-0.1, -0.05) is 0 Å². The summed E-state index contributed by atoms with van der Waals surface area (Å²) in [7, 11) is 2.65. The topological polar surface area (TPSA) is 52.6 Å². The van der Waals surface area contributed by atoms with Crippen LogP contribution in [0.5, 0.6) is 0 Å². The van der Waals surface area contributed by atoms with E-state index in [4.69, 9.17) is 4.74 Å². The van der Waals surface area contributed by atoms with Gasteiger partial charge in [-0.25, -0.2) is 9.59 Å². The van der Waals surface area contributed by atoms with Crippen LogP contribution in [0.1, 0.15) is 20.7 Å². The van der Waals surface area contributed by atoms with E-state index in [9.17, 15) is 9.59 Å². The number of benzene rings is 1. The third-order valence-corrected chi connectivity index (χ3v) is 3.36. The zero-order valence-corrected chi connectivity index (χ0v) is 11.3. The van der Waals surface area contributed by atoms with E-state index < -0.39 is 11.9 Å². The zero-order chi connectivity index (χ0) is 13.8. The molecule has 4 nitrogen and oxygen atoms in total. The molecular weight excluding hydrogens is 264 g/mol. The number of methoxy groups -OCH3 is 2. The maximum Gasteiger partial charge on any atom is 0.338 e. The van der Waals surface area contributed by atoms with Crippen molar-refractivity contribution < 1.29 is 19.1 Å². The van der Waals surface area contributed by atoms with Crippen LogP contribution >= 0.6 is 11.3 Å². The normalized spacial score (nSPS) is 10.0. The first-order valence-electron chi connectivity index (χ1n) is 5.50. The Morgan fingerprint density at radius 3 is 2.37 bits per heavy atom. The molecule has 1 aromatic carbocycles. The van der Waals surface area contributed by atoms with Gasteiger partial charge in [-0.2, -0.15) is 11.3 Å². The smallest absolute Gasteiger partial charge is 0.338 e. The Balaban J connectivity index is 2.57. The Kier molecular flexibility index (Phi) is 3.97. The quantitative estimate of drug-likeness (QED) is 0.809. The number of hydrogen-bond donors (Lipinski definition) is 0. The molecule has 2 rings (SSSR count). The van der Waals surface area contributed by atoms with E-state index in [0.717, 1.165) is 5.56 Å². The van der Waals surface area contributed by atoms with E-state index in [1.54, 1.807) is 18.2 Å². The van der Waals surface area contributed by atoms with Crippen LogP contribution in [0.25, 0.3) is 11.1 Å². The summed E-state index contributed by atoms with van der Waals surface area (Å²) in [5, 5.41) is 3.81. The van der Waals surface area contributed by atoms with Crippen LogP contribution in [-0.4, -0.2) is 26.2 Å². The minimum absolute atomic E-state index is 0.399. The first kappa shape index (κ1) is 13.3. The van der Waals surface area contributed by atoms with Crippen LogP contribution in [0.2, 0.25) is 0 Å². The van der Waals surface area contributed by atoms with E-state index in [0.29, 0.717) is 16.7 Å². The highest BCUT2D eigenvalue weighted by Crippen LogP contribution is 2.28. The zero-order valence-electron chi connectivity index (χ0n) is 10.5. The molecule has 0 fully saturated rings. The fourth-order valence-corrected chi connectivity index (χ4v) is 2.39. The molecule has 0 bridgehead atoms. The van der Waals surface area contributed by atoms with Gasteiger partial charge in [0.05, 0.1) is 25.3 Å². The van der Waals surface area contributed by atoms with Crippen LogP contribution in [0.15, 0.2) is 35.0 Å². The molecule has 0 spiro atoms. The Morgan fingerprint density at radius 2 is 1.79 bits per heavy atom. The molecule has 0 aliphatic rings. The minimum atomic E-state index is -0.437. The van der Waals surface area contributed by atoms with Crippen molar-refractivity contribution in [2.24, 2.45) is 0 Å². The van der Waals surface area contributed by atoms with Crippen molar-refractivity contribution in [1.82, 2.24) is 0 Å². The highest BCUT2D eigenvalue weighted by Gasteiger charge is 2.16. The summed E-state index contributed by atoms with van der Waals surface area (Å²) in [6.07, 6.45) is 0. The van der Waals surface area contributed by atoms with Gasteiger partial charge in [0.25, 0.3) is 0 Å². The van der Waals surface area contributed by atoms with Gasteiger partial charge in [0.2, 0.25) is 0 Å². The SMILES string of the molecule is COC(=O)c1ccc(C(=O)OC)c(-c2ccsc2)c1. The molecule has 98 valence electrons. The monoisotopic (exact) mass is 276 g/mol. The second kappa shape index (κ2) is 5.67. The molecule has 0 atom stereocenters. The largest absolute Gasteiger partial charge is 0.465 e. The third-order valence-electron chi connectivity index (χ3n) is 2.68. The van der Waals surface area contributed by atoms with Crippen LogP contribution in [0, 0.1) is 0 Å². The lowest BCUT2D eigenvalue weighted by Gasteiger charge is -2.08. The summed E-state index contributed by atoms with van der Waals surface area (Å²) in [4.78, 5) is 23.3. The van der Waals surface area contributed by atoms with Crippen LogP contribution in [-0.2, 0) is 9.47 Å². The Hall–Kier alpha value is -2.14. The van der Waals surface area contributed by atoms with Crippen molar-refractivity contribution in [3.8, 4) is 11.1 Å². The van der Waals surface area contributed by atoms with E-state index in [-0.39, 0.29) is 0 Å². The lowest BCUT2D eigenvalue weighted by molar-refractivity contribution is 0.0587. The standard InChI is InChI=1S/C14H12O4S/c1-17-13(15)9-3-4-11(14(16)18-2)12(7-9)10-5-6-19-8-10/h3-8H,1-2H3. The maximum atomic E-state index is 11.7. The minimum Gasteiger partial charge on any atom is -0.465 e. The average molecular weight is 276 g/mol. The second-order valence-electron chi connectivity index (χ2n) is 3.76. The third kappa shape index (κ3) is 2.66. The average Bonchev–Trinajstić information content (AvgIpc) is 2.99. The molecule has 2 aromatic rings. The fourth-order valence-electron chi connectivity index (χ4n) is 1.73. The van der Waals surface area contributed by atoms with Gasteiger partial charge in [-0.3, -0.25) is 0 Å². The van der Waals surface area contributed by atoms with Gasteiger partial charge in [0.1, 0.15) is 0 Å². The Bertz CT molecular complexity index is 602.